The first-order chi connectivity index (χ1) is 14.4. The van der Waals surface area contributed by atoms with E-state index in [1.165, 1.54) is 6.20 Å². The summed E-state index contributed by atoms with van der Waals surface area (Å²) in [5, 5.41) is 17.6. The number of piperazine rings is 1. The fourth-order valence-corrected chi connectivity index (χ4v) is 5.70. The summed E-state index contributed by atoms with van der Waals surface area (Å²) in [6, 6.07) is 7.89. The van der Waals surface area contributed by atoms with E-state index >= 15 is 0 Å². The van der Waals surface area contributed by atoms with Crippen molar-refractivity contribution in [3.63, 3.8) is 0 Å². The fraction of sp³-hybridized carbons (Fsp3) is 0.545. The van der Waals surface area contributed by atoms with Gasteiger partial charge in [0.25, 0.3) is 0 Å². The first-order valence-corrected chi connectivity index (χ1v) is 11.3. The zero-order valence-corrected chi connectivity index (χ0v) is 18.6. The Labute approximate surface area is 186 Å². The number of aromatic nitrogens is 2. The molecule has 1 aliphatic carbocycles. The van der Waals surface area contributed by atoms with Crippen LogP contribution in [0.2, 0.25) is 10.0 Å². The Bertz CT molecular complexity index is 941. The minimum atomic E-state index is -0.684. The van der Waals surface area contributed by atoms with Crippen LogP contribution in [0.25, 0.3) is 0 Å². The van der Waals surface area contributed by atoms with Gasteiger partial charge in [0.1, 0.15) is 11.6 Å². The van der Waals surface area contributed by atoms with Crippen LogP contribution in [0.4, 0.5) is 4.39 Å². The minimum absolute atomic E-state index is 0.00786. The van der Waals surface area contributed by atoms with Gasteiger partial charge < -0.3 is 5.32 Å². The van der Waals surface area contributed by atoms with Gasteiger partial charge >= 0.3 is 0 Å². The molecule has 1 aromatic heterocycles. The zero-order chi connectivity index (χ0) is 21.3. The molecule has 1 N–H and O–H groups in total. The van der Waals surface area contributed by atoms with Crippen LogP contribution in [0, 0.1) is 23.2 Å². The van der Waals surface area contributed by atoms with E-state index in [0.717, 1.165) is 57.4 Å². The highest BCUT2D eigenvalue weighted by atomic mass is 35.5. The lowest BCUT2D eigenvalue weighted by Crippen LogP contribution is -2.56. The van der Waals surface area contributed by atoms with Crippen molar-refractivity contribution in [2.45, 2.75) is 44.2 Å². The number of hydrogen-bond acceptors (Lipinski definition) is 4. The lowest BCUT2D eigenvalue weighted by atomic mass is 9.69. The molecule has 4 rings (SSSR count). The predicted molar refractivity (Wildman–Crippen MR) is 116 cm³/mol. The summed E-state index contributed by atoms with van der Waals surface area (Å²) in [5.41, 5.74) is 0.856. The SMILES string of the molecule is CC(c1cccc(Cl)c1Cl)(C1CCC(n2cc(C#N)c(F)n2)CC1)N1CCNCC1. The summed E-state index contributed by atoms with van der Waals surface area (Å²) in [5.74, 6) is -0.297. The van der Waals surface area contributed by atoms with Gasteiger partial charge in [-0.2, -0.15) is 9.65 Å². The van der Waals surface area contributed by atoms with E-state index < -0.39 is 5.95 Å². The Morgan fingerprint density at radius 1 is 1.20 bits per heavy atom. The van der Waals surface area contributed by atoms with Crippen molar-refractivity contribution in [3.8, 4) is 6.07 Å². The second-order valence-corrected chi connectivity index (χ2v) is 9.20. The van der Waals surface area contributed by atoms with Gasteiger partial charge in [-0.1, -0.05) is 35.3 Å². The molecule has 2 fully saturated rings. The summed E-state index contributed by atoms with van der Waals surface area (Å²) in [6.45, 7) is 6.10. The van der Waals surface area contributed by atoms with Crippen molar-refractivity contribution in [1.29, 1.82) is 5.26 Å². The van der Waals surface area contributed by atoms with Gasteiger partial charge in [0.2, 0.25) is 5.95 Å². The van der Waals surface area contributed by atoms with Crippen LogP contribution in [0.1, 0.15) is 49.8 Å². The summed E-state index contributed by atoms with van der Waals surface area (Å²) in [4.78, 5) is 2.54. The number of halogens is 3. The maximum Gasteiger partial charge on any atom is 0.250 e. The molecule has 8 heteroatoms. The quantitative estimate of drug-likeness (QED) is 0.731. The highest BCUT2D eigenvalue weighted by molar-refractivity contribution is 6.42. The molecule has 1 aliphatic heterocycles. The van der Waals surface area contributed by atoms with Crippen LogP contribution in [0.15, 0.2) is 24.4 Å². The molecular formula is C22H26Cl2FN5. The smallest absolute Gasteiger partial charge is 0.250 e. The molecule has 30 heavy (non-hydrogen) atoms. The van der Waals surface area contributed by atoms with Crippen molar-refractivity contribution in [1.82, 2.24) is 20.0 Å². The molecule has 0 spiro atoms. The van der Waals surface area contributed by atoms with Gasteiger partial charge in [-0.25, -0.2) is 0 Å². The number of hydrogen-bond donors (Lipinski definition) is 1. The standard InChI is InChI=1S/C22H26Cl2FN5/c1-22(29-11-9-27-10-12-29,18-3-2-4-19(23)20(18)24)16-5-7-17(8-6-16)30-14-15(13-26)21(25)28-30/h2-4,14,16-17,27H,5-12H2,1H3. The first-order valence-electron chi connectivity index (χ1n) is 10.5. The topological polar surface area (TPSA) is 56.9 Å². The van der Waals surface area contributed by atoms with Gasteiger partial charge in [0.05, 0.1) is 16.1 Å². The molecule has 2 heterocycles. The molecule has 1 saturated carbocycles. The maximum absolute atomic E-state index is 13.8. The Hall–Kier alpha value is -1.65. The summed E-state index contributed by atoms with van der Waals surface area (Å²) in [6.07, 6.45) is 5.24. The van der Waals surface area contributed by atoms with Crippen LogP contribution in [-0.2, 0) is 5.54 Å². The van der Waals surface area contributed by atoms with E-state index in [9.17, 15) is 4.39 Å². The molecular weight excluding hydrogens is 424 g/mol. The minimum Gasteiger partial charge on any atom is -0.314 e. The number of rotatable bonds is 4. The second-order valence-electron chi connectivity index (χ2n) is 8.42. The summed E-state index contributed by atoms with van der Waals surface area (Å²) < 4.78 is 15.4. The molecule has 160 valence electrons. The van der Waals surface area contributed by atoms with E-state index in [1.54, 1.807) is 4.68 Å². The second kappa shape index (κ2) is 8.84. The average molecular weight is 450 g/mol. The first kappa shape index (κ1) is 21.6. The van der Waals surface area contributed by atoms with Crippen LogP contribution < -0.4 is 5.32 Å². The van der Waals surface area contributed by atoms with Gasteiger partial charge in [-0.3, -0.25) is 9.58 Å². The van der Waals surface area contributed by atoms with Crippen LogP contribution in [-0.4, -0.2) is 40.9 Å². The van der Waals surface area contributed by atoms with Crippen LogP contribution in [0.5, 0.6) is 0 Å². The average Bonchev–Trinajstić information content (AvgIpc) is 3.16. The Balaban J connectivity index is 1.61. The van der Waals surface area contributed by atoms with E-state index in [0.29, 0.717) is 16.0 Å². The van der Waals surface area contributed by atoms with Crippen molar-refractivity contribution in [3.05, 3.63) is 51.5 Å². The molecule has 0 radical (unpaired) electrons. The summed E-state index contributed by atoms with van der Waals surface area (Å²) >= 11 is 13.1. The molecule has 1 unspecified atom stereocenters. The highest BCUT2D eigenvalue weighted by Crippen LogP contribution is 2.48. The van der Waals surface area contributed by atoms with Crippen molar-refractivity contribution < 1.29 is 4.39 Å². The number of nitriles is 1. The Morgan fingerprint density at radius 3 is 2.53 bits per heavy atom. The molecule has 2 aliphatic rings. The number of benzene rings is 1. The lowest BCUT2D eigenvalue weighted by Gasteiger charge is -2.51. The van der Waals surface area contributed by atoms with Gasteiger partial charge in [-0.15, -0.1) is 5.10 Å². The van der Waals surface area contributed by atoms with Crippen LogP contribution >= 0.6 is 23.2 Å². The third-order valence-corrected chi connectivity index (χ3v) is 7.76. The van der Waals surface area contributed by atoms with Gasteiger partial charge in [0, 0.05) is 37.9 Å². The van der Waals surface area contributed by atoms with E-state index in [4.69, 9.17) is 28.5 Å². The highest BCUT2D eigenvalue weighted by Gasteiger charge is 2.44. The van der Waals surface area contributed by atoms with Gasteiger partial charge in [0.15, 0.2) is 0 Å². The zero-order valence-electron chi connectivity index (χ0n) is 17.0. The van der Waals surface area contributed by atoms with Crippen LogP contribution in [0.3, 0.4) is 0 Å². The summed E-state index contributed by atoms with van der Waals surface area (Å²) in [7, 11) is 0. The Kier molecular flexibility index (Phi) is 6.36. The molecule has 0 bridgehead atoms. The normalized spacial score (nSPS) is 24.9. The number of nitrogens with one attached hydrogen (secondary N) is 1. The molecule has 0 amide bonds. The largest absolute Gasteiger partial charge is 0.314 e. The predicted octanol–water partition coefficient (Wildman–Crippen LogP) is 4.75. The number of nitrogens with zero attached hydrogens (tertiary/aromatic N) is 4. The molecule has 2 aromatic rings. The molecule has 1 aromatic carbocycles. The lowest BCUT2D eigenvalue weighted by molar-refractivity contribution is 0.00956. The van der Waals surface area contributed by atoms with Crippen molar-refractivity contribution in [2.75, 3.05) is 26.2 Å². The van der Waals surface area contributed by atoms with Crippen molar-refractivity contribution in [2.24, 2.45) is 5.92 Å². The molecule has 5 nitrogen and oxygen atoms in total. The monoisotopic (exact) mass is 449 g/mol. The maximum atomic E-state index is 13.8. The van der Waals surface area contributed by atoms with E-state index in [2.05, 4.69) is 28.3 Å². The fourth-order valence-electron chi connectivity index (χ4n) is 5.21. The third-order valence-electron chi connectivity index (χ3n) is 6.94. The Morgan fingerprint density at radius 2 is 1.90 bits per heavy atom. The van der Waals surface area contributed by atoms with E-state index in [-0.39, 0.29) is 17.1 Å². The molecule has 1 atom stereocenters. The molecule has 1 saturated heterocycles. The van der Waals surface area contributed by atoms with Crippen molar-refractivity contribution >= 4 is 23.2 Å². The van der Waals surface area contributed by atoms with Gasteiger partial charge in [-0.05, 0) is 50.2 Å². The van der Waals surface area contributed by atoms with E-state index in [1.807, 2.05) is 18.2 Å². The third kappa shape index (κ3) is 3.85.